The zero-order valence-electron chi connectivity index (χ0n) is 17.3. The van der Waals surface area contributed by atoms with Crippen molar-refractivity contribution < 1.29 is 13.2 Å². The van der Waals surface area contributed by atoms with Gasteiger partial charge in [-0.15, -0.1) is 11.8 Å². The number of carbonyl (C=O) groups is 1. The number of pyridine rings is 1. The van der Waals surface area contributed by atoms with E-state index in [9.17, 15) is 13.2 Å². The molecule has 0 aliphatic carbocycles. The largest absolute Gasteiger partial charge is 0.325 e. The molecule has 1 atom stereocenters. The van der Waals surface area contributed by atoms with Crippen LogP contribution in [-0.4, -0.2) is 42.0 Å². The Kier molecular flexibility index (Phi) is 6.60. The number of benzene rings is 2. The fourth-order valence-electron chi connectivity index (χ4n) is 3.62. The van der Waals surface area contributed by atoms with E-state index >= 15 is 0 Å². The molecule has 1 aromatic heterocycles. The highest BCUT2D eigenvalue weighted by Crippen LogP contribution is 2.30. The zero-order chi connectivity index (χ0) is 21.8. The summed E-state index contributed by atoms with van der Waals surface area (Å²) >= 11 is 1.47. The first kappa shape index (κ1) is 21.8. The molecule has 1 amide bonds. The second kappa shape index (κ2) is 9.38. The maximum Gasteiger partial charge on any atom is 0.243 e. The molecule has 4 rings (SSSR count). The van der Waals surface area contributed by atoms with Crippen LogP contribution in [-0.2, 0) is 14.8 Å². The van der Waals surface area contributed by atoms with Crippen LogP contribution >= 0.6 is 11.8 Å². The lowest BCUT2D eigenvalue weighted by Gasteiger charge is -2.25. The number of anilines is 1. The van der Waals surface area contributed by atoms with Crippen LogP contribution in [0.2, 0.25) is 0 Å². The van der Waals surface area contributed by atoms with Gasteiger partial charge in [-0.25, -0.2) is 8.42 Å². The minimum Gasteiger partial charge on any atom is -0.325 e. The molecule has 1 fully saturated rings. The van der Waals surface area contributed by atoms with Crippen molar-refractivity contribution in [3.8, 4) is 0 Å². The van der Waals surface area contributed by atoms with E-state index in [0.717, 1.165) is 35.1 Å². The van der Waals surface area contributed by atoms with Crippen molar-refractivity contribution in [2.45, 2.75) is 41.2 Å². The minimum atomic E-state index is -3.47. The number of rotatable bonds is 6. The number of nitrogens with zero attached hydrogens (tertiary/aromatic N) is 2. The van der Waals surface area contributed by atoms with Crippen LogP contribution in [0.3, 0.4) is 0 Å². The Labute approximate surface area is 187 Å². The third kappa shape index (κ3) is 4.92. The molecule has 1 aliphatic rings. The number of carbonyl (C=O) groups excluding carboxylic acids is 1. The summed E-state index contributed by atoms with van der Waals surface area (Å²) < 4.78 is 27.1. The molecule has 3 aromatic rings. The van der Waals surface area contributed by atoms with Gasteiger partial charge in [-0.3, -0.25) is 9.78 Å². The van der Waals surface area contributed by atoms with E-state index in [0.29, 0.717) is 18.8 Å². The highest BCUT2D eigenvalue weighted by Gasteiger charge is 2.26. The average Bonchev–Trinajstić information content (AvgIpc) is 2.80. The third-order valence-corrected chi connectivity index (χ3v) is 8.45. The molecule has 2 heterocycles. The SMILES string of the molecule is CC(Sc1ccnc2ccccc12)C(=O)Nc1ccc(S(=O)(=O)N2CCCCC2)cc1. The van der Waals surface area contributed by atoms with Crippen molar-refractivity contribution in [2.24, 2.45) is 0 Å². The minimum absolute atomic E-state index is 0.141. The first-order chi connectivity index (χ1) is 14.9. The molecule has 2 aromatic carbocycles. The molecule has 1 unspecified atom stereocenters. The molecule has 0 radical (unpaired) electrons. The molecule has 0 spiro atoms. The van der Waals surface area contributed by atoms with Gasteiger partial charge in [0, 0.05) is 35.3 Å². The third-order valence-electron chi connectivity index (χ3n) is 5.36. The number of thioether (sulfide) groups is 1. The van der Waals surface area contributed by atoms with E-state index in [2.05, 4.69) is 10.3 Å². The number of para-hydroxylation sites is 1. The topological polar surface area (TPSA) is 79.4 Å². The monoisotopic (exact) mass is 455 g/mol. The lowest BCUT2D eigenvalue weighted by molar-refractivity contribution is -0.115. The van der Waals surface area contributed by atoms with Crippen LogP contribution in [0.1, 0.15) is 26.2 Å². The summed E-state index contributed by atoms with van der Waals surface area (Å²) in [4.78, 5) is 18.3. The Balaban J connectivity index is 1.42. The molecule has 1 saturated heterocycles. The predicted molar refractivity (Wildman–Crippen MR) is 125 cm³/mol. The lowest BCUT2D eigenvalue weighted by atomic mass is 10.2. The van der Waals surface area contributed by atoms with Gasteiger partial charge in [0.05, 0.1) is 15.7 Å². The first-order valence-corrected chi connectivity index (χ1v) is 12.7. The van der Waals surface area contributed by atoms with Gasteiger partial charge in [0.15, 0.2) is 0 Å². The molecule has 6 nitrogen and oxygen atoms in total. The number of aromatic nitrogens is 1. The molecule has 1 N–H and O–H groups in total. The summed E-state index contributed by atoms with van der Waals surface area (Å²) in [5.74, 6) is -0.141. The fraction of sp³-hybridized carbons (Fsp3) is 0.304. The molecular formula is C23H25N3O3S2. The standard InChI is InChI=1S/C23H25N3O3S2/c1-17(30-22-13-14-24-21-8-4-3-7-20(21)22)23(27)25-18-9-11-19(12-10-18)31(28,29)26-15-5-2-6-16-26/h3-4,7-14,17H,2,5-6,15-16H2,1H3,(H,25,27). The molecule has 8 heteroatoms. The molecule has 0 saturated carbocycles. The van der Waals surface area contributed by atoms with Crippen LogP contribution < -0.4 is 5.32 Å². The predicted octanol–water partition coefficient (Wildman–Crippen LogP) is 4.53. The van der Waals surface area contributed by atoms with E-state index in [1.54, 1.807) is 34.8 Å². The van der Waals surface area contributed by atoms with E-state index in [1.165, 1.54) is 11.8 Å². The maximum absolute atomic E-state index is 12.8. The van der Waals surface area contributed by atoms with Gasteiger partial charge >= 0.3 is 0 Å². The maximum atomic E-state index is 12.8. The summed E-state index contributed by atoms with van der Waals surface area (Å²) in [7, 11) is -3.47. The van der Waals surface area contributed by atoms with Gasteiger partial charge in [0.2, 0.25) is 15.9 Å². The van der Waals surface area contributed by atoms with Gasteiger partial charge < -0.3 is 5.32 Å². The number of hydrogen-bond donors (Lipinski definition) is 1. The van der Waals surface area contributed by atoms with Crippen molar-refractivity contribution in [2.75, 3.05) is 18.4 Å². The van der Waals surface area contributed by atoms with E-state index in [-0.39, 0.29) is 16.1 Å². The quantitative estimate of drug-likeness (QED) is 0.553. The number of amides is 1. The lowest BCUT2D eigenvalue weighted by Crippen LogP contribution is -2.35. The van der Waals surface area contributed by atoms with E-state index in [4.69, 9.17) is 0 Å². The van der Waals surface area contributed by atoms with Gasteiger partial charge in [-0.2, -0.15) is 4.31 Å². The van der Waals surface area contributed by atoms with Crippen molar-refractivity contribution in [3.05, 3.63) is 60.8 Å². The number of piperidine rings is 1. The Morgan fingerprint density at radius 2 is 1.74 bits per heavy atom. The first-order valence-electron chi connectivity index (χ1n) is 10.4. The van der Waals surface area contributed by atoms with Crippen LogP contribution in [0.25, 0.3) is 10.9 Å². The molecule has 162 valence electrons. The Morgan fingerprint density at radius 1 is 1.03 bits per heavy atom. The summed E-state index contributed by atoms with van der Waals surface area (Å²) in [5, 5.41) is 3.57. The fourth-order valence-corrected chi connectivity index (χ4v) is 6.13. The number of hydrogen-bond acceptors (Lipinski definition) is 5. The highest BCUT2D eigenvalue weighted by molar-refractivity contribution is 8.00. The number of fused-ring (bicyclic) bond motifs is 1. The van der Waals surface area contributed by atoms with Crippen LogP contribution in [0.4, 0.5) is 5.69 Å². The summed E-state index contributed by atoms with van der Waals surface area (Å²) in [6.07, 6.45) is 4.62. The molecule has 1 aliphatic heterocycles. The van der Waals surface area contributed by atoms with E-state index < -0.39 is 10.0 Å². The molecule has 31 heavy (non-hydrogen) atoms. The van der Waals surface area contributed by atoms with Gasteiger partial charge in [-0.1, -0.05) is 24.6 Å². The zero-order valence-corrected chi connectivity index (χ0v) is 19.0. The normalized spacial score (nSPS) is 16.2. The van der Waals surface area contributed by atoms with Crippen LogP contribution in [0, 0.1) is 0 Å². The molecular weight excluding hydrogens is 430 g/mol. The number of nitrogens with one attached hydrogen (secondary N) is 1. The summed E-state index contributed by atoms with van der Waals surface area (Å²) in [5.41, 5.74) is 1.47. The average molecular weight is 456 g/mol. The van der Waals surface area contributed by atoms with Crippen molar-refractivity contribution in [1.82, 2.24) is 9.29 Å². The smallest absolute Gasteiger partial charge is 0.243 e. The van der Waals surface area contributed by atoms with E-state index in [1.807, 2.05) is 37.3 Å². The Hall–Kier alpha value is -2.42. The van der Waals surface area contributed by atoms with Crippen LogP contribution in [0.5, 0.6) is 0 Å². The summed E-state index contributed by atoms with van der Waals surface area (Å²) in [6.45, 7) is 2.99. The van der Waals surface area contributed by atoms with Crippen LogP contribution in [0.15, 0.2) is 70.6 Å². The van der Waals surface area contributed by atoms with Gasteiger partial charge in [-0.05, 0) is 56.2 Å². The Bertz CT molecular complexity index is 1170. The second-order valence-corrected chi connectivity index (χ2v) is 10.9. The van der Waals surface area contributed by atoms with Crippen molar-refractivity contribution in [3.63, 3.8) is 0 Å². The Morgan fingerprint density at radius 3 is 2.48 bits per heavy atom. The van der Waals surface area contributed by atoms with Crippen molar-refractivity contribution >= 4 is 44.3 Å². The molecule has 0 bridgehead atoms. The highest BCUT2D eigenvalue weighted by atomic mass is 32.2. The number of sulfonamides is 1. The van der Waals surface area contributed by atoms with Crippen molar-refractivity contribution in [1.29, 1.82) is 0 Å². The summed E-state index contributed by atoms with van der Waals surface area (Å²) in [6, 6.07) is 16.2. The van der Waals surface area contributed by atoms with Gasteiger partial charge in [0.25, 0.3) is 0 Å². The second-order valence-electron chi connectivity index (χ2n) is 7.56. The van der Waals surface area contributed by atoms with Gasteiger partial charge in [0.1, 0.15) is 0 Å².